The topological polar surface area (TPSA) is 105 Å². The molecule has 1 aromatic heterocycles. The molecule has 1 aliphatic heterocycles. The number of ether oxygens (including phenoxy) is 2. The number of anilines is 1. The van der Waals surface area contributed by atoms with E-state index < -0.39 is 17.7 Å². The van der Waals surface area contributed by atoms with Crippen LogP contribution < -0.4 is 14.4 Å². The summed E-state index contributed by atoms with van der Waals surface area (Å²) in [4.78, 5) is 36.0. The number of aliphatic hydroxyl groups excluding tert-OH is 1. The molecule has 2 heterocycles. The van der Waals surface area contributed by atoms with Gasteiger partial charge in [0, 0.05) is 5.56 Å². The van der Waals surface area contributed by atoms with E-state index in [0.29, 0.717) is 28.1 Å². The standard InChI is InChI=1S/C29H27N3O5/c1-15-6-10-20-21(12-15)31-29(30-20)32-25(18-9-11-22(36-4)23(14-18)37-5)24(27(34)28(32)35)26(33)19-8-7-16(2)17(3)13-19/h6-14,25,33H,1-5H3,(H,30,31)/b26-24+. The number of nitrogens with zero attached hydrogens (tertiary/aromatic N) is 2. The first kappa shape index (κ1) is 24.1. The highest BCUT2D eigenvalue weighted by Crippen LogP contribution is 2.43. The van der Waals surface area contributed by atoms with Gasteiger partial charge in [0.1, 0.15) is 5.76 Å². The number of hydrogen-bond donors (Lipinski definition) is 2. The minimum absolute atomic E-state index is 0.0305. The van der Waals surface area contributed by atoms with Crippen molar-refractivity contribution in [1.82, 2.24) is 9.97 Å². The average molecular weight is 498 g/mol. The summed E-state index contributed by atoms with van der Waals surface area (Å²) in [7, 11) is 3.04. The van der Waals surface area contributed by atoms with Gasteiger partial charge in [0.15, 0.2) is 11.5 Å². The summed E-state index contributed by atoms with van der Waals surface area (Å²) in [6.07, 6.45) is 0. The van der Waals surface area contributed by atoms with Crippen molar-refractivity contribution in [2.24, 2.45) is 0 Å². The molecule has 37 heavy (non-hydrogen) atoms. The number of aromatic amines is 1. The molecule has 0 radical (unpaired) electrons. The third kappa shape index (κ3) is 4.00. The van der Waals surface area contributed by atoms with Crippen LogP contribution in [0.5, 0.6) is 11.5 Å². The molecule has 1 saturated heterocycles. The van der Waals surface area contributed by atoms with Crippen LogP contribution in [0.15, 0.2) is 60.2 Å². The lowest BCUT2D eigenvalue weighted by Gasteiger charge is -2.24. The fraction of sp³-hybridized carbons (Fsp3) is 0.207. The molecular formula is C29H27N3O5. The molecule has 0 bridgehead atoms. The molecule has 2 N–H and O–H groups in total. The van der Waals surface area contributed by atoms with Crippen LogP contribution in [0.25, 0.3) is 16.8 Å². The van der Waals surface area contributed by atoms with Gasteiger partial charge < -0.3 is 19.6 Å². The second-order valence-electron chi connectivity index (χ2n) is 9.16. The van der Waals surface area contributed by atoms with Crippen LogP contribution in [-0.4, -0.2) is 41.0 Å². The van der Waals surface area contributed by atoms with E-state index >= 15 is 0 Å². The number of nitrogens with one attached hydrogen (secondary N) is 1. The SMILES string of the molecule is COc1ccc(C2/C(=C(\O)c3ccc(C)c(C)c3)C(=O)C(=O)N2c2nc3ccc(C)cc3[nH]2)cc1OC. The molecule has 1 atom stereocenters. The van der Waals surface area contributed by atoms with Crippen LogP contribution in [-0.2, 0) is 9.59 Å². The predicted octanol–water partition coefficient (Wildman–Crippen LogP) is 5.13. The lowest BCUT2D eigenvalue weighted by Crippen LogP contribution is -2.30. The maximum atomic E-state index is 13.5. The molecule has 188 valence electrons. The first-order chi connectivity index (χ1) is 17.7. The number of rotatable bonds is 5. The number of ketones is 1. The van der Waals surface area contributed by atoms with Crippen molar-refractivity contribution in [2.75, 3.05) is 19.1 Å². The molecule has 1 unspecified atom stereocenters. The van der Waals surface area contributed by atoms with Gasteiger partial charge in [-0.1, -0.05) is 24.3 Å². The molecule has 3 aromatic carbocycles. The minimum atomic E-state index is -0.955. The smallest absolute Gasteiger partial charge is 0.302 e. The van der Waals surface area contributed by atoms with Crippen molar-refractivity contribution in [1.29, 1.82) is 0 Å². The molecule has 1 fully saturated rings. The molecule has 8 nitrogen and oxygen atoms in total. The molecule has 0 aliphatic carbocycles. The Morgan fingerprint density at radius 2 is 1.68 bits per heavy atom. The van der Waals surface area contributed by atoms with Gasteiger partial charge in [-0.05, 0) is 73.4 Å². The molecule has 1 amide bonds. The van der Waals surface area contributed by atoms with E-state index in [1.54, 1.807) is 30.3 Å². The number of carbonyl (C=O) groups is 2. The summed E-state index contributed by atoms with van der Waals surface area (Å²) < 4.78 is 10.9. The zero-order valence-corrected chi connectivity index (χ0v) is 21.2. The number of aromatic nitrogens is 2. The Balaban J connectivity index is 1.76. The zero-order chi connectivity index (χ0) is 26.4. The lowest BCUT2D eigenvalue weighted by molar-refractivity contribution is -0.132. The van der Waals surface area contributed by atoms with Crippen LogP contribution in [0.4, 0.5) is 5.95 Å². The second kappa shape index (κ2) is 9.13. The molecule has 0 spiro atoms. The van der Waals surface area contributed by atoms with Crippen molar-refractivity contribution < 1.29 is 24.2 Å². The van der Waals surface area contributed by atoms with Crippen molar-refractivity contribution in [3.8, 4) is 11.5 Å². The molecule has 0 saturated carbocycles. The molecule has 4 aromatic rings. The number of methoxy groups -OCH3 is 2. The summed E-state index contributed by atoms with van der Waals surface area (Å²) in [5, 5.41) is 11.4. The number of carbonyl (C=O) groups excluding carboxylic acids is 2. The fourth-order valence-corrected chi connectivity index (χ4v) is 4.66. The van der Waals surface area contributed by atoms with E-state index in [9.17, 15) is 14.7 Å². The molecule has 5 rings (SSSR count). The zero-order valence-electron chi connectivity index (χ0n) is 21.2. The van der Waals surface area contributed by atoms with Gasteiger partial charge in [0.2, 0.25) is 5.95 Å². The Hall–Kier alpha value is -4.59. The predicted molar refractivity (Wildman–Crippen MR) is 141 cm³/mol. The lowest BCUT2D eigenvalue weighted by atomic mass is 9.94. The number of fused-ring (bicyclic) bond motifs is 1. The monoisotopic (exact) mass is 497 g/mol. The number of aliphatic hydroxyl groups is 1. The normalized spacial score (nSPS) is 17.0. The van der Waals surface area contributed by atoms with Gasteiger partial charge in [-0.2, -0.15) is 0 Å². The third-order valence-electron chi connectivity index (χ3n) is 6.80. The fourth-order valence-electron chi connectivity index (χ4n) is 4.66. The summed E-state index contributed by atoms with van der Waals surface area (Å²) in [5.41, 5.74) is 5.39. The van der Waals surface area contributed by atoms with E-state index in [2.05, 4.69) is 9.97 Å². The second-order valence-corrected chi connectivity index (χ2v) is 9.16. The minimum Gasteiger partial charge on any atom is -0.507 e. The Morgan fingerprint density at radius 3 is 2.38 bits per heavy atom. The average Bonchev–Trinajstić information content (AvgIpc) is 3.42. The van der Waals surface area contributed by atoms with Crippen molar-refractivity contribution in [2.45, 2.75) is 26.8 Å². The van der Waals surface area contributed by atoms with Crippen LogP contribution in [0, 0.1) is 20.8 Å². The highest BCUT2D eigenvalue weighted by molar-refractivity contribution is 6.51. The maximum Gasteiger partial charge on any atom is 0.302 e. The van der Waals surface area contributed by atoms with Crippen molar-refractivity contribution >= 4 is 34.4 Å². The van der Waals surface area contributed by atoms with E-state index in [-0.39, 0.29) is 17.3 Å². The van der Waals surface area contributed by atoms with E-state index in [4.69, 9.17) is 9.47 Å². The Labute approximate surface area is 214 Å². The quantitative estimate of drug-likeness (QED) is 0.225. The summed E-state index contributed by atoms with van der Waals surface area (Å²) in [6.45, 7) is 5.84. The first-order valence-corrected chi connectivity index (χ1v) is 11.8. The summed E-state index contributed by atoms with van der Waals surface area (Å²) in [5.74, 6) is -0.709. The number of hydrogen-bond acceptors (Lipinski definition) is 6. The Kier molecular flexibility index (Phi) is 5.95. The summed E-state index contributed by atoms with van der Waals surface area (Å²) in [6, 6.07) is 15.3. The molecular weight excluding hydrogens is 470 g/mol. The van der Waals surface area contributed by atoms with E-state index in [1.165, 1.54) is 19.1 Å². The van der Waals surface area contributed by atoms with Crippen molar-refractivity contribution in [3.05, 3.63) is 88.0 Å². The summed E-state index contributed by atoms with van der Waals surface area (Å²) >= 11 is 0. The van der Waals surface area contributed by atoms with E-state index in [1.807, 2.05) is 45.0 Å². The number of Topliss-reactive ketones (excluding diaryl/α,β-unsaturated/α-hetero) is 1. The Bertz CT molecular complexity index is 1600. The number of imidazole rings is 1. The molecule has 1 aliphatic rings. The van der Waals surface area contributed by atoms with Crippen molar-refractivity contribution in [3.63, 3.8) is 0 Å². The number of H-pyrrole nitrogens is 1. The maximum absolute atomic E-state index is 13.5. The third-order valence-corrected chi connectivity index (χ3v) is 6.80. The van der Waals surface area contributed by atoms with Crippen LogP contribution in [0.3, 0.4) is 0 Å². The largest absolute Gasteiger partial charge is 0.507 e. The van der Waals surface area contributed by atoms with Crippen LogP contribution in [0.2, 0.25) is 0 Å². The first-order valence-electron chi connectivity index (χ1n) is 11.8. The Morgan fingerprint density at radius 1 is 0.919 bits per heavy atom. The molecule has 8 heteroatoms. The van der Waals surface area contributed by atoms with Gasteiger partial charge in [-0.25, -0.2) is 4.98 Å². The van der Waals surface area contributed by atoms with Gasteiger partial charge in [0.25, 0.3) is 5.78 Å². The highest BCUT2D eigenvalue weighted by atomic mass is 16.5. The van der Waals surface area contributed by atoms with Crippen LogP contribution in [0.1, 0.15) is 33.9 Å². The van der Waals surface area contributed by atoms with Crippen LogP contribution >= 0.6 is 0 Å². The van der Waals surface area contributed by atoms with Gasteiger partial charge in [0.05, 0.1) is 36.9 Å². The van der Waals surface area contributed by atoms with Gasteiger partial charge >= 0.3 is 5.91 Å². The van der Waals surface area contributed by atoms with E-state index in [0.717, 1.165) is 22.2 Å². The van der Waals surface area contributed by atoms with Gasteiger partial charge in [-0.15, -0.1) is 0 Å². The highest BCUT2D eigenvalue weighted by Gasteiger charge is 2.48. The van der Waals surface area contributed by atoms with Gasteiger partial charge in [-0.3, -0.25) is 14.5 Å². The number of amides is 1. The number of benzene rings is 3. The number of aryl methyl sites for hydroxylation is 3.